The molecule has 39 heavy (non-hydrogen) atoms. The van der Waals surface area contributed by atoms with Gasteiger partial charge in [-0.3, -0.25) is 9.59 Å². The number of ether oxygens (including phenoxy) is 2. The Morgan fingerprint density at radius 2 is 1.90 bits per heavy atom. The first kappa shape index (κ1) is 30.9. The molecule has 0 spiro atoms. The maximum absolute atomic E-state index is 13.5. The molecule has 2 amide bonds. The topological polar surface area (TPSA) is 129 Å². The standard InChI is InChI=1S/C29H37IN2O7/c1-3-4-10-26(35)32(17-19-8-6-5-7-9-19)23-15-21(29(37)31-11-12-33)16-24(27(23)36)39-28-22(30)13-20(18-34)14-25(28)38-2/h5-9,13-14,16,23-24,27,33-34,36H,3-4,10-12,15,17-18H2,1-2H3,(H,31,37)/t23-,24+,27+/m1/s1. The van der Waals surface area contributed by atoms with Gasteiger partial charge in [-0.25, -0.2) is 0 Å². The second-order valence-corrected chi connectivity index (χ2v) is 10.6. The van der Waals surface area contributed by atoms with E-state index in [4.69, 9.17) is 9.47 Å². The van der Waals surface area contributed by atoms with Gasteiger partial charge in [0.1, 0.15) is 12.2 Å². The summed E-state index contributed by atoms with van der Waals surface area (Å²) in [6.07, 6.45) is 1.45. The molecule has 3 atom stereocenters. The second-order valence-electron chi connectivity index (χ2n) is 9.39. The third-order valence-corrected chi connectivity index (χ3v) is 7.40. The van der Waals surface area contributed by atoms with Crippen LogP contribution < -0.4 is 14.8 Å². The van der Waals surface area contributed by atoms with Crippen molar-refractivity contribution >= 4 is 34.4 Å². The van der Waals surface area contributed by atoms with Crippen molar-refractivity contribution in [1.82, 2.24) is 10.2 Å². The number of methoxy groups -OCH3 is 1. The summed E-state index contributed by atoms with van der Waals surface area (Å²) >= 11 is 2.07. The lowest BCUT2D eigenvalue weighted by molar-refractivity contribution is -0.139. The molecule has 0 bridgehead atoms. The quantitative estimate of drug-likeness (QED) is 0.245. The van der Waals surface area contributed by atoms with Crippen molar-refractivity contribution in [1.29, 1.82) is 0 Å². The van der Waals surface area contributed by atoms with Crippen LogP contribution >= 0.6 is 22.6 Å². The lowest BCUT2D eigenvalue weighted by Crippen LogP contribution is -2.54. The lowest BCUT2D eigenvalue weighted by Gasteiger charge is -2.41. The summed E-state index contributed by atoms with van der Waals surface area (Å²) in [7, 11) is 1.48. The number of rotatable bonds is 13. The summed E-state index contributed by atoms with van der Waals surface area (Å²) in [5, 5.41) is 33.1. The summed E-state index contributed by atoms with van der Waals surface area (Å²) in [5.74, 6) is 0.228. The van der Waals surface area contributed by atoms with Gasteiger partial charge in [0.2, 0.25) is 11.8 Å². The van der Waals surface area contributed by atoms with Crippen molar-refractivity contribution in [2.24, 2.45) is 0 Å². The van der Waals surface area contributed by atoms with E-state index < -0.39 is 24.2 Å². The molecule has 10 heteroatoms. The van der Waals surface area contributed by atoms with Crippen LogP contribution in [0.3, 0.4) is 0 Å². The highest BCUT2D eigenvalue weighted by Gasteiger charge is 2.40. The van der Waals surface area contributed by atoms with E-state index in [1.165, 1.54) is 7.11 Å². The first-order valence-corrected chi connectivity index (χ1v) is 14.2. The smallest absolute Gasteiger partial charge is 0.247 e. The number of nitrogens with one attached hydrogen (secondary N) is 1. The van der Waals surface area contributed by atoms with Gasteiger partial charge in [0.05, 0.1) is 29.9 Å². The van der Waals surface area contributed by atoms with Gasteiger partial charge in [-0.15, -0.1) is 0 Å². The van der Waals surface area contributed by atoms with Crippen molar-refractivity contribution < 1.29 is 34.4 Å². The van der Waals surface area contributed by atoms with Gasteiger partial charge in [0, 0.05) is 31.5 Å². The van der Waals surface area contributed by atoms with Crippen LogP contribution in [0.1, 0.15) is 43.7 Å². The highest BCUT2D eigenvalue weighted by atomic mass is 127. The minimum absolute atomic E-state index is 0.0758. The molecule has 0 heterocycles. The van der Waals surface area contributed by atoms with Crippen molar-refractivity contribution in [2.75, 3.05) is 20.3 Å². The summed E-state index contributed by atoms with van der Waals surface area (Å²) in [4.78, 5) is 28.1. The Balaban J connectivity index is 2.02. The Kier molecular flexibility index (Phi) is 12.0. The largest absolute Gasteiger partial charge is 0.493 e. The number of aliphatic hydroxyl groups is 3. The molecule has 0 saturated carbocycles. The van der Waals surface area contributed by atoms with E-state index >= 15 is 0 Å². The SMILES string of the molecule is CCCCC(=O)N(Cc1ccccc1)[C@@H]1CC(C(=O)NCCO)=C[C@H](Oc2c(I)cc(CO)cc2OC)[C@H]1O. The monoisotopic (exact) mass is 652 g/mol. The third-order valence-electron chi connectivity index (χ3n) is 6.60. The molecule has 212 valence electrons. The fraction of sp³-hybridized carbons (Fsp3) is 0.448. The number of aliphatic hydroxyl groups excluding tert-OH is 3. The second kappa shape index (κ2) is 15.2. The van der Waals surface area contributed by atoms with Crippen LogP contribution in [0.25, 0.3) is 0 Å². The molecular weight excluding hydrogens is 615 g/mol. The molecule has 2 aromatic carbocycles. The zero-order valence-corrected chi connectivity index (χ0v) is 24.5. The maximum Gasteiger partial charge on any atom is 0.247 e. The van der Waals surface area contributed by atoms with E-state index in [1.807, 2.05) is 37.3 Å². The molecule has 4 N–H and O–H groups in total. The Morgan fingerprint density at radius 1 is 1.15 bits per heavy atom. The molecular formula is C29H37IN2O7. The molecule has 0 radical (unpaired) electrons. The molecule has 1 aliphatic carbocycles. The summed E-state index contributed by atoms with van der Waals surface area (Å²) in [5.41, 5.74) is 1.90. The number of amides is 2. The lowest BCUT2D eigenvalue weighted by atomic mass is 9.87. The van der Waals surface area contributed by atoms with Gasteiger partial charge in [0.25, 0.3) is 0 Å². The molecule has 9 nitrogen and oxygen atoms in total. The zero-order valence-electron chi connectivity index (χ0n) is 22.3. The number of carbonyl (C=O) groups excluding carboxylic acids is 2. The maximum atomic E-state index is 13.5. The molecule has 0 aromatic heterocycles. The highest BCUT2D eigenvalue weighted by molar-refractivity contribution is 14.1. The third kappa shape index (κ3) is 8.17. The first-order chi connectivity index (χ1) is 18.8. The molecule has 3 rings (SSSR count). The fourth-order valence-electron chi connectivity index (χ4n) is 4.54. The van der Waals surface area contributed by atoms with Crippen molar-refractivity contribution in [3.63, 3.8) is 0 Å². The molecule has 0 unspecified atom stereocenters. The number of unbranched alkanes of at least 4 members (excludes halogenated alkanes) is 1. The number of hydrogen-bond donors (Lipinski definition) is 4. The van der Waals surface area contributed by atoms with Gasteiger partial charge < -0.3 is 35.0 Å². The number of benzene rings is 2. The van der Waals surface area contributed by atoms with Crippen molar-refractivity contribution in [2.45, 2.75) is 64.0 Å². The summed E-state index contributed by atoms with van der Waals surface area (Å²) in [6, 6.07) is 12.2. The predicted octanol–water partition coefficient (Wildman–Crippen LogP) is 2.93. The first-order valence-electron chi connectivity index (χ1n) is 13.1. The Labute approximate surface area is 243 Å². The van der Waals surface area contributed by atoms with Crippen LogP contribution in [0.4, 0.5) is 0 Å². The van der Waals surface area contributed by atoms with Crippen molar-refractivity contribution in [3.05, 3.63) is 68.8 Å². The van der Waals surface area contributed by atoms with Crippen LogP contribution in [0.5, 0.6) is 11.5 Å². The molecule has 0 saturated heterocycles. The van der Waals surface area contributed by atoms with Gasteiger partial charge in [0.15, 0.2) is 11.5 Å². The van der Waals surface area contributed by atoms with E-state index in [1.54, 1.807) is 23.1 Å². The highest BCUT2D eigenvalue weighted by Crippen LogP contribution is 2.37. The summed E-state index contributed by atoms with van der Waals surface area (Å²) in [6.45, 7) is 1.97. The van der Waals surface area contributed by atoms with Crippen LogP contribution in [-0.2, 0) is 22.7 Å². The van der Waals surface area contributed by atoms with E-state index in [0.29, 0.717) is 39.0 Å². The fourth-order valence-corrected chi connectivity index (χ4v) is 5.33. The normalized spacial score (nSPS) is 18.7. The van der Waals surface area contributed by atoms with E-state index in [-0.39, 0.29) is 38.6 Å². The van der Waals surface area contributed by atoms with Crippen LogP contribution in [0.2, 0.25) is 0 Å². The van der Waals surface area contributed by atoms with E-state index in [9.17, 15) is 24.9 Å². The molecule has 0 fully saturated rings. The van der Waals surface area contributed by atoms with Gasteiger partial charge in [-0.1, -0.05) is 43.7 Å². The van der Waals surface area contributed by atoms with Gasteiger partial charge >= 0.3 is 0 Å². The van der Waals surface area contributed by atoms with Gasteiger partial charge in [-0.05, 0) is 58.3 Å². The van der Waals surface area contributed by atoms with Crippen LogP contribution in [0.15, 0.2) is 54.1 Å². The predicted molar refractivity (Wildman–Crippen MR) is 155 cm³/mol. The molecule has 1 aliphatic rings. The van der Waals surface area contributed by atoms with E-state index in [2.05, 4.69) is 27.9 Å². The zero-order chi connectivity index (χ0) is 28.4. The Morgan fingerprint density at radius 3 is 2.54 bits per heavy atom. The molecule has 0 aliphatic heterocycles. The molecule has 2 aromatic rings. The van der Waals surface area contributed by atoms with E-state index in [0.717, 1.165) is 12.0 Å². The Bertz CT molecular complexity index is 1140. The number of nitrogens with zero attached hydrogens (tertiary/aromatic N) is 1. The van der Waals surface area contributed by atoms with Crippen LogP contribution in [0, 0.1) is 3.57 Å². The van der Waals surface area contributed by atoms with Crippen molar-refractivity contribution in [3.8, 4) is 11.5 Å². The minimum atomic E-state index is -1.15. The Hall–Kier alpha value is -2.67. The number of halogens is 1. The van der Waals surface area contributed by atoms with Crippen LogP contribution in [-0.4, -0.2) is 70.5 Å². The number of hydrogen-bond acceptors (Lipinski definition) is 7. The minimum Gasteiger partial charge on any atom is -0.493 e. The summed E-state index contributed by atoms with van der Waals surface area (Å²) < 4.78 is 12.4. The average Bonchev–Trinajstić information content (AvgIpc) is 2.95. The average molecular weight is 653 g/mol. The number of carbonyl (C=O) groups is 2. The van der Waals surface area contributed by atoms with Gasteiger partial charge in [-0.2, -0.15) is 0 Å².